The minimum atomic E-state index is -0.637. The zero-order valence-electron chi connectivity index (χ0n) is 16.2. The smallest absolute Gasteiger partial charge is 0.274 e. The molecule has 0 spiro atoms. The van der Waals surface area contributed by atoms with Gasteiger partial charge in [-0.1, -0.05) is 47.1 Å². The number of carbonyl (C=O) groups is 2. The first kappa shape index (κ1) is 19.3. The van der Waals surface area contributed by atoms with Gasteiger partial charge in [0.15, 0.2) is 5.69 Å². The van der Waals surface area contributed by atoms with E-state index in [4.69, 9.17) is 4.52 Å². The number of carbonyl (C=O) groups excluding carboxylic acids is 2. The second-order valence-corrected chi connectivity index (χ2v) is 8.10. The van der Waals surface area contributed by atoms with E-state index in [1.807, 2.05) is 55.5 Å². The molecular weight excluding hydrogens is 386 g/mol. The van der Waals surface area contributed by atoms with Crippen molar-refractivity contribution in [3.05, 3.63) is 77.2 Å². The molecule has 148 valence electrons. The molecule has 1 atom stereocenters. The lowest BCUT2D eigenvalue weighted by atomic mass is 10.1. The summed E-state index contributed by atoms with van der Waals surface area (Å²) in [7, 11) is 1.72. The Kier molecular flexibility index (Phi) is 5.40. The van der Waals surface area contributed by atoms with Crippen molar-refractivity contribution in [1.82, 2.24) is 10.5 Å². The van der Waals surface area contributed by atoms with Gasteiger partial charge < -0.3 is 14.7 Å². The van der Waals surface area contributed by atoms with Gasteiger partial charge in [0.1, 0.15) is 11.8 Å². The molecule has 3 aromatic rings. The Bertz CT molecular complexity index is 1050. The van der Waals surface area contributed by atoms with E-state index in [2.05, 4.69) is 10.5 Å². The lowest BCUT2D eigenvalue weighted by molar-refractivity contribution is -0.119. The van der Waals surface area contributed by atoms with E-state index in [9.17, 15) is 9.59 Å². The molecule has 0 bridgehead atoms. The number of thioether (sulfide) groups is 1. The van der Waals surface area contributed by atoms with Gasteiger partial charge in [-0.15, -0.1) is 11.8 Å². The van der Waals surface area contributed by atoms with Crippen LogP contribution in [0.3, 0.4) is 0 Å². The average Bonchev–Trinajstić information content (AvgIpc) is 3.16. The van der Waals surface area contributed by atoms with Crippen molar-refractivity contribution < 1.29 is 14.1 Å². The van der Waals surface area contributed by atoms with Gasteiger partial charge in [-0.2, -0.15) is 0 Å². The van der Waals surface area contributed by atoms with Gasteiger partial charge in [-0.05, 0) is 24.6 Å². The van der Waals surface area contributed by atoms with Gasteiger partial charge >= 0.3 is 0 Å². The van der Waals surface area contributed by atoms with Crippen LogP contribution < -0.4 is 10.2 Å². The quantitative estimate of drug-likeness (QED) is 0.717. The Morgan fingerprint density at radius 3 is 2.79 bits per heavy atom. The van der Waals surface area contributed by atoms with Crippen LogP contribution >= 0.6 is 11.8 Å². The summed E-state index contributed by atoms with van der Waals surface area (Å²) in [6.45, 7) is 2.03. The zero-order valence-corrected chi connectivity index (χ0v) is 17.0. The van der Waals surface area contributed by atoms with Crippen molar-refractivity contribution in [3.8, 4) is 0 Å². The molecule has 1 aliphatic rings. The number of benzene rings is 2. The molecular formula is C22H21N3O3S. The molecule has 6 nitrogen and oxygen atoms in total. The van der Waals surface area contributed by atoms with E-state index < -0.39 is 11.9 Å². The molecule has 0 saturated heterocycles. The number of hydrogen-bond donors (Lipinski definition) is 1. The summed E-state index contributed by atoms with van der Waals surface area (Å²) in [6.07, 6.45) is 0.552. The van der Waals surface area contributed by atoms with E-state index in [-0.39, 0.29) is 11.6 Å². The molecule has 29 heavy (non-hydrogen) atoms. The van der Waals surface area contributed by atoms with Gasteiger partial charge in [0.2, 0.25) is 5.91 Å². The predicted octanol–water partition coefficient (Wildman–Crippen LogP) is 3.44. The van der Waals surface area contributed by atoms with Gasteiger partial charge in [0.25, 0.3) is 5.91 Å². The lowest BCUT2D eigenvalue weighted by Crippen LogP contribution is -2.48. The van der Waals surface area contributed by atoms with Gasteiger partial charge in [-0.25, -0.2) is 0 Å². The highest BCUT2D eigenvalue weighted by Gasteiger charge is 2.30. The first-order valence-electron chi connectivity index (χ1n) is 9.32. The Morgan fingerprint density at radius 2 is 2.00 bits per heavy atom. The second kappa shape index (κ2) is 8.13. The first-order chi connectivity index (χ1) is 14.0. The summed E-state index contributed by atoms with van der Waals surface area (Å²) < 4.78 is 5.32. The topological polar surface area (TPSA) is 75.4 Å². The third kappa shape index (κ3) is 4.19. The van der Waals surface area contributed by atoms with Crippen molar-refractivity contribution in [3.63, 3.8) is 0 Å². The number of hydrogen-bond acceptors (Lipinski definition) is 5. The number of nitrogens with zero attached hydrogens (tertiary/aromatic N) is 2. The molecule has 4 rings (SSSR count). The zero-order chi connectivity index (χ0) is 20.4. The molecule has 0 unspecified atom stereocenters. The Hall–Kier alpha value is -3.06. The number of para-hydroxylation sites is 1. The van der Waals surface area contributed by atoms with Gasteiger partial charge in [0, 0.05) is 30.2 Å². The Labute approximate surface area is 173 Å². The maximum absolute atomic E-state index is 12.8. The van der Waals surface area contributed by atoms with E-state index in [0.717, 1.165) is 16.1 Å². The summed E-state index contributed by atoms with van der Waals surface area (Å²) >= 11 is 1.55. The van der Waals surface area contributed by atoms with Crippen molar-refractivity contribution in [2.24, 2.45) is 0 Å². The molecule has 0 radical (unpaired) electrons. The molecule has 1 aromatic heterocycles. The summed E-state index contributed by atoms with van der Waals surface area (Å²) in [5.41, 5.74) is 3.29. The maximum Gasteiger partial charge on any atom is 0.274 e. The molecule has 0 aliphatic carbocycles. The normalized spacial score (nSPS) is 16.3. The van der Waals surface area contributed by atoms with Crippen LogP contribution in [0.25, 0.3) is 0 Å². The fraction of sp³-hybridized carbons (Fsp3) is 0.227. The summed E-state index contributed by atoms with van der Waals surface area (Å²) in [4.78, 5) is 28.1. The van der Waals surface area contributed by atoms with E-state index in [1.165, 1.54) is 5.56 Å². The molecule has 7 heteroatoms. The molecule has 0 saturated carbocycles. The summed E-state index contributed by atoms with van der Waals surface area (Å²) in [6, 6.07) is 16.8. The third-order valence-corrected chi connectivity index (χ3v) is 6.01. The van der Waals surface area contributed by atoms with Crippen LogP contribution in [0.4, 0.5) is 5.69 Å². The minimum Gasteiger partial charge on any atom is -0.360 e. The third-order valence-electron chi connectivity index (χ3n) is 4.86. The first-order valence-corrected chi connectivity index (χ1v) is 10.3. The van der Waals surface area contributed by atoms with Crippen LogP contribution in [0.1, 0.15) is 27.4 Å². The lowest BCUT2D eigenvalue weighted by Gasteiger charge is -2.21. The van der Waals surface area contributed by atoms with E-state index in [1.54, 1.807) is 29.8 Å². The summed E-state index contributed by atoms with van der Waals surface area (Å²) in [5.74, 6) is 0.492. The van der Waals surface area contributed by atoms with E-state index >= 15 is 0 Å². The average molecular weight is 407 g/mol. The van der Waals surface area contributed by atoms with Crippen LogP contribution in [-0.4, -0.2) is 35.8 Å². The molecule has 2 heterocycles. The van der Waals surface area contributed by atoms with Crippen LogP contribution in [0.15, 0.2) is 64.0 Å². The fourth-order valence-corrected chi connectivity index (χ4v) is 4.30. The summed E-state index contributed by atoms with van der Waals surface area (Å²) in [5, 5.41) is 6.68. The SMILES string of the molecule is Cc1ccc(Cc2cc(C(=O)N[C@H]3CSc4ccccc4N(C)C3=O)no2)cc1. The number of fused-ring (bicyclic) bond motifs is 1. The number of amides is 2. The Balaban J connectivity index is 1.44. The number of nitrogens with one attached hydrogen (secondary N) is 1. The number of rotatable bonds is 4. The fourth-order valence-electron chi connectivity index (χ4n) is 3.20. The van der Waals surface area contributed by atoms with Crippen LogP contribution in [-0.2, 0) is 11.2 Å². The van der Waals surface area contributed by atoms with Crippen molar-refractivity contribution in [2.45, 2.75) is 24.3 Å². The highest BCUT2D eigenvalue weighted by atomic mass is 32.2. The minimum absolute atomic E-state index is 0.154. The highest BCUT2D eigenvalue weighted by molar-refractivity contribution is 7.99. The molecule has 1 aliphatic heterocycles. The maximum atomic E-state index is 12.8. The largest absolute Gasteiger partial charge is 0.360 e. The van der Waals surface area contributed by atoms with Crippen LogP contribution in [0.5, 0.6) is 0 Å². The van der Waals surface area contributed by atoms with Crippen molar-refractivity contribution in [1.29, 1.82) is 0 Å². The van der Waals surface area contributed by atoms with Crippen molar-refractivity contribution >= 4 is 29.3 Å². The second-order valence-electron chi connectivity index (χ2n) is 7.04. The van der Waals surface area contributed by atoms with Crippen LogP contribution in [0.2, 0.25) is 0 Å². The number of anilines is 1. The monoisotopic (exact) mass is 407 g/mol. The molecule has 1 N–H and O–H groups in total. The number of aromatic nitrogens is 1. The highest BCUT2D eigenvalue weighted by Crippen LogP contribution is 2.33. The van der Waals surface area contributed by atoms with Crippen LogP contribution in [0, 0.1) is 6.92 Å². The van der Waals surface area contributed by atoms with Gasteiger partial charge in [0.05, 0.1) is 5.69 Å². The van der Waals surface area contributed by atoms with Crippen molar-refractivity contribution in [2.75, 3.05) is 17.7 Å². The molecule has 2 amide bonds. The Morgan fingerprint density at radius 1 is 1.24 bits per heavy atom. The predicted molar refractivity (Wildman–Crippen MR) is 112 cm³/mol. The van der Waals surface area contributed by atoms with Gasteiger partial charge in [-0.3, -0.25) is 9.59 Å². The molecule has 0 fully saturated rings. The standard InChI is InChI=1S/C22H21N3O3S/c1-14-7-9-15(10-8-14)11-16-12-17(24-28-16)21(26)23-18-13-29-20-6-4-3-5-19(20)25(2)22(18)27/h3-10,12,18H,11,13H2,1-2H3,(H,23,26)/t18-/m0/s1. The number of likely N-dealkylation sites (N-methyl/N-ethyl adjacent to an activating group) is 1. The number of aryl methyl sites for hydroxylation is 1. The molecule has 2 aromatic carbocycles. The van der Waals surface area contributed by atoms with E-state index in [0.29, 0.717) is 17.9 Å².